The predicted molar refractivity (Wildman–Crippen MR) is 78.1 cm³/mol. The van der Waals surface area contributed by atoms with Crippen molar-refractivity contribution in [3.05, 3.63) is 18.2 Å². The highest BCUT2D eigenvalue weighted by Gasteiger charge is 2.42. The molecule has 0 aliphatic heterocycles. The normalized spacial score (nSPS) is 17.2. The molecule has 1 aliphatic rings. The van der Waals surface area contributed by atoms with Gasteiger partial charge in [0.15, 0.2) is 0 Å². The van der Waals surface area contributed by atoms with Gasteiger partial charge in [-0.15, -0.1) is 0 Å². The van der Waals surface area contributed by atoms with Gasteiger partial charge in [-0.05, 0) is 37.3 Å². The van der Waals surface area contributed by atoms with Crippen LogP contribution in [0.1, 0.15) is 12.8 Å². The van der Waals surface area contributed by atoms with Gasteiger partial charge in [0.1, 0.15) is 10.6 Å². The van der Waals surface area contributed by atoms with Crippen LogP contribution in [0.15, 0.2) is 23.1 Å². The van der Waals surface area contributed by atoms with Gasteiger partial charge in [0.25, 0.3) is 0 Å². The molecule has 0 saturated heterocycles. The Kier molecular flexibility index (Phi) is 3.98. The fourth-order valence-electron chi connectivity index (χ4n) is 1.80. The number of nitrogen functional groups attached to an aromatic ring is 1. The fraction of sp³-hybridized carbons (Fsp3) is 0.500. The lowest BCUT2D eigenvalue weighted by Gasteiger charge is -2.15. The van der Waals surface area contributed by atoms with Gasteiger partial charge < -0.3 is 10.5 Å². The highest BCUT2D eigenvalue weighted by Crippen LogP contribution is 2.46. The summed E-state index contributed by atoms with van der Waals surface area (Å²) in [7, 11) is -2.16. The van der Waals surface area contributed by atoms with Crippen molar-refractivity contribution in [3.63, 3.8) is 0 Å². The van der Waals surface area contributed by atoms with Gasteiger partial charge in [-0.1, -0.05) is 0 Å². The summed E-state index contributed by atoms with van der Waals surface area (Å²) in [6, 6.07) is 4.59. The molecule has 5 nitrogen and oxygen atoms in total. The molecule has 7 heteroatoms. The quantitative estimate of drug-likeness (QED) is 0.777. The number of anilines is 1. The number of hydrogen-bond donors (Lipinski definition) is 2. The van der Waals surface area contributed by atoms with E-state index in [1.54, 1.807) is 23.9 Å². The van der Waals surface area contributed by atoms with Crippen LogP contribution in [-0.4, -0.2) is 33.1 Å². The summed E-state index contributed by atoms with van der Waals surface area (Å²) in [4.78, 5) is 0.0897. The lowest BCUT2D eigenvalue weighted by atomic mass is 10.3. The summed E-state index contributed by atoms with van der Waals surface area (Å²) < 4.78 is 32.4. The van der Waals surface area contributed by atoms with Gasteiger partial charge in [-0.3, -0.25) is 0 Å². The van der Waals surface area contributed by atoms with E-state index in [0.29, 0.717) is 18.0 Å². The first kappa shape index (κ1) is 14.5. The van der Waals surface area contributed by atoms with E-state index in [2.05, 4.69) is 4.72 Å². The third kappa shape index (κ3) is 3.16. The van der Waals surface area contributed by atoms with Gasteiger partial charge in [0.05, 0.1) is 7.11 Å². The van der Waals surface area contributed by atoms with Gasteiger partial charge in [0.2, 0.25) is 10.0 Å². The van der Waals surface area contributed by atoms with Crippen LogP contribution in [-0.2, 0) is 10.0 Å². The van der Waals surface area contributed by atoms with Crippen LogP contribution in [0.4, 0.5) is 5.69 Å². The Morgan fingerprint density at radius 1 is 1.47 bits per heavy atom. The Labute approximate surface area is 118 Å². The number of nitrogens with one attached hydrogen (secondary N) is 1. The van der Waals surface area contributed by atoms with Gasteiger partial charge in [-0.25, -0.2) is 13.1 Å². The molecule has 1 saturated carbocycles. The summed E-state index contributed by atoms with van der Waals surface area (Å²) in [5, 5.41) is 0. The second-order valence-corrected chi connectivity index (χ2v) is 7.63. The molecule has 0 aromatic heterocycles. The molecule has 106 valence electrons. The molecule has 3 N–H and O–H groups in total. The number of nitrogens with two attached hydrogens (primary N) is 1. The number of ether oxygens (including phenoxy) is 1. The summed E-state index contributed by atoms with van der Waals surface area (Å²) in [5.74, 6) is 0.302. The van der Waals surface area contributed by atoms with E-state index in [4.69, 9.17) is 10.5 Å². The largest absolute Gasteiger partial charge is 0.495 e. The number of sulfonamides is 1. The molecular weight excluding hydrogens is 284 g/mol. The maximum Gasteiger partial charge on any atom is 0.244 e. The van der Waals surface area contributed by atoms with Crippen molar-refractivity contribution >= 4 is 27.5 Å². The number of rotatable bonds is 6. The topological polar surface area (TPSA) is 81.4 Å². The molecule has 0 bridgehead atoms. The number of methoxy groups -OCH3 is 1. The van der Waals surface area contributed by atoms with Crippen molar-refractivity contribution in [3.8, 4) is 5.75 Å². The third-order valence-electron chi connectivity index (χ3n) is 3.30. The molecule has 1 aromatic rings. The predicted octanol–water partition coefficient (Wildman–Crippen LogP) is 1.45. The fourth-order valence-corrected chi connectivity index (χ4v) is 3.95. The van der Waals surface area contributed by atoms with Crippen LogP contribution < -0.4 is 15.2 Å². The SMILES string of the molecule is COc1ccc(N)cc1S(=O)(=O)NCC1(SC)CC1. The zero-order valence-corrected chi connectivity index (χ0v) is 12.6. The zero-order valence-electron chi connectivity index (χ0n) is 11.0. The lowest BCUT2D eigenvalue weighted by molar-refractivity contribution is 0.402. The van der Waals surface area contributed by atoms with Crippen LogP contribution in [0, 0.1) is 0 Å². The summed E-state index contributed by atoms with van der Waals surface area (Å²) in [6.07, 6.45) is 4.10. The Hall–Kier alpha value is -0.920. The Bertz CT molecular complexity index is 568. The maximum absolute atomic E-state index is 12.3. The second-order valence-electron chi connectivity index (χ2n) is 4.62. The summed E-state index contributed by atoms with van der Waals surface area (Å²) in [5.41, 5.74) is 6.04. The van der Waals surface area contributed by atoms with Gasteiger partial charge >= 0.3 is 0 Å². The minimum Gasteiger partial charge on any atom is -0.495 e. The van der Waals surface area contributed by atoms with Gasteiger partial charge in [0, 0.05) is 17.0 Å². The maximum atomic E-state index is 12.3. The highest BCUT2D eigenvalue weighted by molar-refractivity contribution is 8.00. The van der Waals surface area contributed by atoms with E-state index in [1.807, 2.05) is 6.26 Å². The minimum atomic E-state index is -3.60. The monoisotopic (exact) mass is 302 g/mol. The van der Waals surface area contributed by atoms with E-state index in [1.165, 1.54) is 13.2 Å². The average molecular weight is 302 g/mol. The lowest BCUT2D eigenvalue weighted by Crippen LogP contribution is -2.32. The average Bonchev–Trinajstić information content (AvgIpc) is 3.17. The standard InChI is InChI=1S/C12H18N2O3S2/c1-17-10-4-3-9(13)7-11(10)19(15,16)14-8-12(18-2)5-6-12/h3-4,7,14H,5-6,8,13H2,1-2H3. The van der Waals surface area contributed by atoms with Crippen LogP contribution in [0.3, 0.4) is 0 Å². The van der Waals surface area contributed by atoms with Crippen molar-refractivity contribution in [1.82, 2.24) is 4.72 Å². The van der Waals surface area contributed by atoms with Crippen molar-refractivity contribution in [2.24, 2.45) is 0 Å². The summed E-state index contributed by atoms with van der Waals surface area (Å²) >= 11 is 1.70. The molecule has 0 heterocycles. The second kappa shape index (κ2) is 5.22. The molecule has 19 heavy (non-hydrogen) atoms. The smallest absolute Gasteiger partial charge is 0.244 e. The molecule has 0 atom stereocenters. The van der Waals surface area contributed by atoms with Crippen LogP contribution in [0.2, 0.25) is 0 Å². The van der Waals surface area contributed by atoms with E-state index >= 15 is 0 Å². The van der Waals surface area contributed by atoms with Crippen molar-refractivity contribution in [1.29, 1.82) is 0 Å². The zero-order chi connectivity index (χ0) is 14.1. The van der Waals surface area contributed by atoms with Gasteiger partial charge in [-0.2, -0.15) is 11.8 Å². The molecule has 2 rings (SSSR count). The van der Waals surface area contributed by atoms with Crippen molar-refractivity contribution in [2.75, 3.05) is 25.6 Å². The summed E-state index contributed by atoms with van der Waals surface area (Å²) in [6.45, 7) is 0.439. The molecule has 1 fully saturated rings. The molecule has 1 aromatic carbocycles. The number of benzene rings is 1. The van der Waals surface area contributed by atoms with E-state index in [9.17, 15) is 8.42 Å². The molecule has 0 unspecified atom stereocenters. The third-order valence-corrected chi connectivity index (χ3v) is 6.14. The van der Waals surface area contributed by atoms with Crippen LogP contribution in [0.5, 0.6) is 5.75 Å². The molecule has 0 radical (unpaired) electrons. The Morgan fingerprint density at radius 3 is 2.68 bits per heavy atom. The highest BCUT2D eigenvalue weighted by atomic mass is 32.2. The minimum absolute atomic E-state index is 0.0701. The van der Waals surface area contributed by atoms with Crippen LogP contribution >= 0.6 is 11.8 Å². The molecule has 0 amide bonds. The first-order valence-corrected chi connectivity index (χ1v) is 8.62. The molecular formula is C12H18N2O3S2. The Balaban J connectivity index is 2.21. The van der Waals surface area contributed by atoms with E-state index in [-0.39, 0.29) is 9.64 Å². The van der Waals surface area contributed by atoms with E-state index < -0.39 is 10.0 Å². The van der Waals surface area contributed by atoms with Crippen molar-refractivity contribution < 1.29 is 13.2 Å². The van der Waals surface area contributed by atoms with Crippen molar-refractivity contribution in [2.45, 2.75) is 22.5 Å². The first-order valence-electron chi connectivity index (χ1n) is 5.91. The number of thioether (sulfide) groups is 1. The van der Waals surface area contributed by atoms with Crippen LogP contribution in [0.25, 0.3) is 0 Å². The molecule has 0 spiro atoms. The number of hydrogen-bond acceptors (Lipinski definition) is 5. The van der Waals surface area contributed by atoms with E-state index in [0.717, 1.165) is 12.8 Å². The molecule has 1 aliphatic carbocycles. The Morgan fingerprint density at radius 2 is 2.16 bits per heavy atom. The first-order chi connectivity index (χ1) is 8.92.